The zero-order chi connectivity index (χ0) is 10.3. The minimum atomic E-state index is -3.91. The predicted octanol–water partition coefficient (Wildman–Crippen LogP) is 0.557. The number of hydrogen-bond donors (Lipinski definition) is 2. The fourth-order valence-electron chi connectivity index (χ4n) is 1.06. The van der Waals surface area contributed by atoms with Crippen molar-refractivity contribution in [3.05, 3.63) is 0 Å². The van der Waals surface area contributed by atoms with Crippen LogP contribution in [-0.2, 0) is 10.1 Å². The molecule has 0 aliphatic heterocycles. The van der Waals surface area contributed by atoms with Gasteiger partial charge in [0.2, 0.25) is 0 Å². The monoisotopic (exact) mass is 234 g/mol. The molecule has 0 bridgehead atoms. The van der Waals surface area contributed by atoms with Crippen LogP contribution in [0.5, 0.6) is 0 Å². The second-order valence-corrected chi connectivity index (χ2v) is 4.80. The van der Waals surface area contributed by atoms with Gasteiger partial charge in [-0.3, -0.25) is 4.55 Å². The average molecular weight is 234 g/mol. The topological polar surface area (TPSA) is 74.6 Å². The van der Waals surface area contributed by atoms with Gasteiger partial charge < -0.3 is 5.11 Å². The van der Waals surface area contributed by atoms with E-state index in [0.717, 1.165) is 19.3 Å². The van der Waals surface area contributed by atoms with Crippen LogP contribution in [-0.4, -0.2) is 59.5 Å². The van der Waals surface area contributed by atoms with Gasteiger partial charge in [0.15, 0.2) is 0 Å². The summed E-state index contributed by atoms with van der Waals surface area (Å²) in [5.74, 6) is -0.347. The maximum absolute atomic E-state index is 10.3. The first kappa shape index (κ1) is 17.3. The van der Waals surface area contributed by atoms with Crippen molar-refractivity contribution >= 4 is 39.7 Å². The summed E-state index contributed by atoms with van der Waals surface area (Å²) in [6.07, 6.45) is 3.16. The molecular weight excluding hydrogens is 215 g/mol. The molecule has 6 heteroatoms. The van der Waals surface area contributed by atoms with Crippen molar-refractivity contribution in [2.75, 3.05) is 5.75 Å². The van der Waals surface area contributed by atoms with Gasteiger partial charge in [0.25, 0.3) is 10.1 Å². The molecule has 0 amide bonds. The Bertz CT molecular complexity index is 215. The summed E-state index contributed by atoms with van der Waals surface area (Å²) in [4.78, 5) is 0. The van der Waals surface area contributed by atoms with Gasteiger partial charge in [-0.1, -0.05) is 26.2 Å². The molecular formula is C8H19NaO4S. The van der Waals surface area contributed by atoms with Crippen LogP contribution < -0.4 is 0 Å². The average Bonchev–Trinajstić information content (AvgIpc) is 2.00. The number of unbranched alkanes of at least 4 members (excludes halogenated alkanes) is 2. The summed E-state index contributed by atoms with van der Waals surface area (Å²) >= 11 is 0. The van der Waals surface area contributed by atoms with Gasteiger partial charge in [-0.25, -0.2) is 0 Å². The van der Waals surface area contributed by atoms with E-state index in [1.807, 2.05) is 0 Å². The summed E-state index contributed by atoms with van der Waals surface area (Å²) in [6.45, 7) is 2.06. The summed E-state index contributed by atoms with van der Waals surface area (Å²) in [6, 6.07) is 0. The van der Waals surface area contributed by atoms with E-state index >= 15 is 0 Å². The van der Waals surface area contributed by atoms with Crippen LogP contribution in [0.3, 0.4) is 0 Å². The van der Waals surface area contributed by atoms with Crippen LogP contribution in [0.15, 0.2) is 0 Å². The Kier molecular flexibility index (Phi) is 11.3. The third-order valence-corrected chi connectivity index (χ3v) is 2.60. The van der Waals surface area contributed by atoms with Crippen molar-refractivity contribution in [1.29, 1.82) is 0 Å². The van der Waals surface area contributed by atoms with Gasteiger partial charge in [-0.15, -0.1) is 0 Å². The molecule has 0 fully saturated rings. The minimum absolute atomic E-state index is 0. The molecule has 0 aliphatic rings. The molecule has 0 rings (SSSR count). The van der Waals surface area contributed by atoms with Crippen molar-refractivity contribution in [1.82, 2.24) is 0 Å². The van der Waals surface area contributed by atoms with Crippen LogP contribution >= 0.6 is 0 Å². The predicted molar refractivity (Wildman–Crippen MR) is 58.3 cm³/mol. The van der Waals surface area contributed by atoms with Crippen molar-refractivity contribution in [2.45, 2.75) is 45.1 Å². The van der Waals surface area contributed by atoms with Gasteiger partial charge in [-0.2, -0.15) is 8.42 Å². The molecule has 0 saturated carbocycles. The number of aliphatic hydroxyl groups excluding tert-OH is 1. The molecule has 0 aromatic heterocycles. The van der Waals surface area contributed by atoms with E-state index in [9.17, 15) is 13.5 Å². The van der Waals surface area contributed by atoms with Gasteiger partial charge in [0, 0.05) is 0 Å². The molecule has 0 heterocycles. The first-order valence-electron chi connectivity index (χ1n) is 4.59. The summed E-state index contributed by atoms with van der Waals surface area (Å²) in [5.41, 5.74) is 0. The van der Waals surface area contributed by atoms with E-state index in [1.54, 1.807) is 0 Å². The zero-order valence-electron chi connectivity index (χ0n) is 7.94. The Labute approximate surface area is 108 Å². The van der Waals surface area contributed by atoms with E-state index in [1.165, 1.54) is 0 Å². The van der Waals surface area contributed by atoms with Crippen LogP contribution in [0.2, 0.25) is 0 Å². The van der Waals surface area contributed by atoms with E-state index in [4.69, 9.17) is 4.55 Å². The molecule has 4 nitrogen and oxygen atoms in total. The van der Waals surface area contributed by atoms with Crippen LogP contribution in [0.4, 0.5) is 0 Å². The summed E-state index contributed by atoms with van der Waals surface area (Å²) < 4.78 is 29.0. The fraction of sp³-hybridized carbons (Fsp3) is 1.00. The van der Waals surface area contributed by atoms with Crippen molar-refractivity contribution in [2.24, 2.45) is 0 Å². The molecule has 0 radical (unpaired) electrons. The Morgan fingerprint density at radius 3 is 2.21 bits per heavy atom. The summed E-state index contributed by atoms with van der Waals surface area (Å²) in [7, 11) is -3.91. The Morgan fingerprint density at radius 1 is 1.21 bits per heavy atom. The van der Waals surface area contributed by atoms with Crippen LogP contribution in [0.25, 0.3) is 0 Å². The Hall–Kier alpha value is 0.870. The molecule has 0 aromatic rings. The molecule has 82 valence electrons. The Balaban J connectivity index is 0. The van der Waals surface area contributed by atoms with Crippen molar-refractivity contribution < 1.29 is 18.1 Å². The second kappa shape index (κ2) is 9.12. The van der Waals surface area contributed by atoms with E-state index < -0.39 is 16.2 Å². The first-order valence-corrected chi connectivity index (χ1v) is 6.20. The zero-order valence-corrected chi connectivity index (χ0v) is 8.76. The quantitative estimate of drug-likeness (QED) is 0.383. The molecule has 0 spiro atoms. The molecule has 0 aromatic carbocycles. The van der Waals surface area contributed by atoms with Crippen molar-refractivity contribution in [3.63, 3.8) is 0 Å². The first-order chi connectivity index (χ1) is 5.95. The standard InChI is InChI=1S/C8H18O4S.Na.H/c1-2-3-4-5-8(9)6-7-13(10,11)12;;/h8-9H,2-7H2,1H3,(H,10,11,12);;. The summed E-state index contributed by atoms with van der Waals surface area (Å²) in [5, 5.41) is 9.26. The fourth-order valence-corrected chi connectivity index (χ4v) is 1.63. The van der Waals surface area contributed by atoms with Crippen LogP contribution in [0.1, 0.15) is 39.0 Å². The number of rotatable bonds is 7. The number of aliphatic hydroxyl groups is 1. The molecule has 14 heavy (non-hydrogen) atoms. The molecule has 1 unspecified atom stereocenters. The van der Waals surface area contributed by atoms with Crippen LogP contribution in [0, 0.1) is 0 Å². The van der Waals surface area contributed by atoms with Gasteiger partial charge in [0.1, 0.15) is 0 Å². The Morgan fingerprint density at radius 2 is 1.79 bits per heavy atom. The normalized spacial score (nSPS) is 13.4. The van der Waals surface area contributed by atoms with E-state index in [0.29, 0.717) is 6.42 Å². The molecule has 1 atom stereocenters. The van der Waals surface area contributed by atoms with E-state index in [2.05, 4.69) is 6.92 Å². The number of hydrogen-bond acceptors (Lipinski definition) is 3. The van der Waals surface area contributed by atoms with E-state index in [-0.39, 0.29) is 41.7 Å². The van der Waals surface area contributed by atoms with Gasteiger partial charge >= 0.3 is 29.6 Å². The van der Waals surface area contributed by atoms with Gasteiger partial charge in [-0.05, 0) is 12.8 Å². The molecule has 2 N–H and O–H groups in total. The third kappa shape index (κ3) is 12.9. The maximum atomic E-state index is 10.3. The third-order valence-electron chi connectivity index (χ3n) is 1.85. The second-order valence-electron chi connectivity index (χ2n) is 3.22. The molecule has 0 saturated heterocycles. The van der Waals surface area contributed by atoms with Crippen molar-refractivity contribution in [3.8, 4) is 0 Å². The SMILES string of the molecule is CCCCCC(O)CCS(=O)(=O)O.[NaH]. The molecule has 0 aliphatic carbocycles. The van der Waals surface area contributed by atoms with Gasteiger partial charge in [0.05, 0.1) is 11.9 Å².